The predicted octanol–water partition coefficient (Wildman–Crippen LogP) is 2.50. The standard InChI is InChI=1S/C17H18N4O/c18-9-16-14-3-1-2-4-15(14)17(22-16)5-7-21(8-6-17)12-13-10-19-20-11-13/h1-4,10-11,16H,5-8,12H2,(H,19,20). The van der Waals surface area contributed by atoms with Crippen molar-refractivity contribution in [3.05, 3.63) is 53.3 Å². The predicted molar refractivity (Wildman–Crippen MR) is 80.7 cm³/mol. The number of likely N-dealkylation sites (tertiary alicyclic amines) is 1. The highest BCUT2D eigenvalue weighted by Gasteiger charge is 2.46. The zero-order valence-electron chi connectivity index (χ0n) is 12.3. The van der Waals surface area contributed by atoms with Crippen LogP contribution < -0.4 is 0 Å². The van der Waals surface area contributed by atoms with Gasteiger partial charge in [-0.05, 0) is 18.4 Å². The Morgan fingerprint density at radius 1 is 1.36 bits per heavy atom. The minimum Gasteiger partial charge on any atom is -0.347 e. The van der Waals surface area contributed by atoms with Gasteiger partial charge in [0, 0.05) is 37.0 Å². The van der Waals surface area contributed by atoms with Gasteiger partial charge in [-0.2, -0.15) is 10.4 Å². The molecule has 1 fully saturated rings. The fraction of sp³-hybridized carbons (Fsp3) is 0.412. The molecule has 0 radical (unpaired) electrons. The van der Waals surface area contributed by atoms with Gasteiger partial charge in [0.1, 0.15) is 0 Å². The molecule has 5 heteroatoms. The number of nitrogens with zero attached hydrogens (tertiary/aromatic N) is 3. The Hall–Kier alpha value is -2.16. The van der Waals surface area contributed by atoms with Crippen molar-refractivity contribution in [3.8, 4) is 6.07 Å². The average molecular weight is 294 g/mol. The minimum absolute atomic E-state index is 0.274. The Morgan fingerprint density at radius 3 is 2.91 bits per heavy atom. The van der Waals surface area contributed by atoms with Gasteiger partial charge in [0.25, 0.3) is 0 Å². The number of nitrogens with one attached hydrogen (secondary N) is 1. The van der Waals surface area contributed by atoms with Crippen LogP contribution in [0.15, 0.2) is 36.7 Å². The molecule has 1 aromatic heterocycles. The number of piperidine rings is 1. The van der Waals surface area contributed by atoms with Gasteiger partial charge < -0.3 is 4.74 Å². The molecular formula is C17H18N4O. The van der Waals surface area contributed by atoms with Crippen LogP contribution in [-0.4, -0.2) is 28.2 Å². The first-order valence-corrected chi connectivity index (χ1v) is 7.68. The average Bonchev–Trinajstić information content (AvgIpc) is 3.17. The van der Waals surface area contributed by atoms with Crippen LogP contribution in [0.4, 0.5) is 0 Å². The Morgan fingerprint density at radius 2 is 2.18 bits per heavy atom. The van der Waals surface area contributed by atoms with Gasteiger partial charge >= 0.3 is 0 Å². The molecule has 0 aliphatic carbocycles. The lowest BCUT2D eigenvalue weighted by Crippen LogP contribution is -2.42. The van der Waals surface area contributed by atoms with E-state index in [0.717, 1.165) is 38.0 Å². The third-order valence-electron chi connectivity index (χ3n) is 4.82. The highest BCUT2D eigenvalue weighted by molar-refractivity contribution is 5.41. The smallest absolute Gasteiger partial charge is 0.170 e. The van der Waals surface area contributed by atoms with Crippen molar-refractivity contribution in [2.75, 3.05) is 13.1 Å². The maximum atomic E-state index is 9.35. The molecule has 3 heterocycles. The largest absolute Gasteiger partial charge is 0.347 e. The van der Waals surface area contributed by atoms with Gasteiger partial charge in [0.15, 0.2) is 6.10 Å². The number of aromatic amines is 1. The number of fused-ring (bicyclic) bond motifs is 2. The summed E-state index contributed by atoms with van der Waals surface area (Å²) in [5.74, 6) is 0. The van der Waals surface area contributed by atoms with E-state index in [1.807, 2.05) is 30.6 Å². The number of hydrogen-bond acceptors (Lipinski definition) is 4. The van der Waals surface area contributed by atoms with Gasteiger partial charge in [-0.3, -0.25) is 10.00 Å². The second kappa shape index (κ2) is 5.24. The molecule has 1 N–H and O–H groups in total. The number of ether oxygens (including phenoxy) is 1. The van der Waals surface area contributed by atoms with Gasteiger partial charge in [0.2, 0.25) is 0 Å². The first kappa shape index (κ1) is 13.5. The minimum atomic E-state index is -0.420. The lowest BCUT2D eigenvalue weighted by Gasteiger charge is -2.39. The van der Waals surface area contributed by atoms with Crippen molar-refractivity contribution < 1.29 is 4.74 Å². The fourth-order valence-corrected chi connectivity index (χ4v) is 3.67. The van der Waals surface area contributed by atoms with Crippen LogP contribution in [0.2, 0.25) is 0 Å². The third-order valence-corrected chi connectivity index (χ3v) is 4.82. The molecule has 2 aromatic rings. The van der Waals surface area contributed by atoms with E-state index in [0.29, 0.717) is 0 Å². The normalized spacial score (nSPS) is 23.3. The Balaban J connectivity index is 1.52. The molecule has 22 heavy (non-hydrogen) atoms. The van der Waals surface area contributed by atoms with Crippen molar-refractivity contribution in [1.82, 2.24) is 15.1 Å². The van der Waals surface area contributed by atoms with E-state index in [1.165, 1.54) is 11.1 Å². The van der Waals surface area contributed by atoms with Gasteiger partial charge in [-0.1, -0.05) is 24.3 Å². The number of benzene rings is 1. The van der Waals surface area contributed by atoms with Gasteiger partial charge in [-0.15, -0.1) is 0 Å². The van der Waals surface area contributed by atoms with Gasteiger partial charge in [-0.25, -0.2) is 0 Å². The van der Waals surface area contributed by atoms with Gasteiger partial charge in [0.05, 0.1) is 17.9 Å². The lowest BCUT2D eigenvalue weighted by molar-refractivity contribution is -0.0933. The fourth-order valence-electron chi connectivity index (χ4n) is 3.67. The second-order valence-electron chi connectivity index (χ2n) is 6.09. The second-order valence-corrected chi connectivity index (χ2v) is 6.09. The molecule has 0 saturated carbocycles. The highest BCUT2D eigenvalue weighted by atomic mass is 16.5. The van der Waals surface area contributed by atoms with E-state index in [2.05, 4.69) is 27.2 Å². The number of aromatic nitrogens is 2. The summed E-state index contributed by atoms with van der Waals surface area (Å²) in [6.45, 7) is 2.85. The zero-order valence-corrected chi connectivity index (χ0v) is 12.3. The lowest BCUT2D eigenvalue weighted by atomic mass is 9.83. The molecule has 1 atom stereocenters. The maximum Gasteiger partial charge on any atom is 0.170 e. The highest BCUT2D eigenvalue weighted by Crippen LogP contribution is 2.49. The molecule has 112 valence electrons. The number of rotatable bonds is 2. The molecule has 5 nitrogen and oxygen atoms in total. The van der Waals surface area contributed by atoms with Crippen LogP contribution in [0.3, 0.4) is 0 Å². The maximum absolute atomic E-state index is 9.35. The number of nitriles is 1. The van der Waals surface area contributed by atoms with Crippen LogP contribution in [0.1, 0.15) is 35.6 Å². The topological polar surface area (TPSA) is 64.9 Å². The summed E-state index contributed by atoms with van der Waals surface area (Å²) in [4.78, 5) is 2.42. The summed E-state index contributed by atoms with van der Waals surface area (Å²) in [7, 11) is 0. The Labute approximate surface area is 129 Å². The van der Waals surface area contributed by atoms with E-state index in [4.69, 9.17) is 4.74 Å². The van der Waals surface area contributed by atoms with E-state index in [-0.39, 0.29) is 5.60 Å². The van der Waals surface area contributed by atoms with Crippen molar-refractivity contribution >= 4 is 0 Å². The van der Waals surface area contributed by atoms with Crippen molar-refractivity contribution in [1.29, 1.82) is 5.26 Å². The molecule has 0 amide bonds. The summed E-state index contributed by atoms with van der Waals surface area (Å²) in [5.41, 5.74) is 3.19. The molecule has 1 aromatic carbocycles. The summed E-state index contributed by atoms with van der Waals surface area (Å²) < 4.78 is 6.19. The summed E-state index contributed by atoms with van der Waals surface area (Å²) >= 11 is 0. The van der Waals surface area contributed by atoms with E-state index in [9.17, 15) is 5.26 Å². The van der Waals surface area contributed by atoms with Crippen molar-refractivity contribution in [3.63, 3.8) is 0 Å². The third kappa shape index (κ3) is 2.12. The molecule has 2 aliphatic heterocycles. The number of H-pyrrole nitrogens is 1. The van der Waals surface area contributed by atoms with Crippen LogP contribution in [-0.2, 0) is 16.9 Å². The summed E-state index contributed by atoms with van der Waals surface area (Å²) in [6, 6.07) is 10.5. The molecule has 1 saturated heterocycles. The van der Waals surface area contributed by atoms with E-state index < -0.39 is 6.10 Å². The zero-order chi connectivity index (χ0) is 15.0. The molecule has 2 aliphatic rings. The molecule has 1 unspecified atom stereocenters. The van der Waals surface area contributed by atoms with E-state index in [1.54, 1.807) is 0 Å². The summed E-state index contributed by atoms with van der Waals surface area (Å²) in [5, 5.41) is 16.2. The van der Waals surface area contributed by atoms with E-state index >= 15 is 0 Å². The first-order chi connectivity index (χ1) is 10.8. The van der Waals surface area contributed by atoms with Crippen LogP contribution >= 0.6 is 0 Å². The molecule has 0 bridgehead atoms. The SMILES string of the molecule is N#CC1OC2(CCN(Cc3cn[nH]c3)CC2)c2ccccc21. The van der Waals surface area contributed by atoms with Crippen molar-refractivity contribution in [2.24, 2.45) is 0 Å². The first-order valence-electron chi connectivity index (χ1n) is 7.68. The number of hydrogen-bond donors (Lipinski definition) is 1. The molecular weight excluding hydrogens is 276 g/mol. The quantitative estimate of drug-likeness (QED) is 0.924. The van der Waals surface area contributed by atoms with Crippen LogP contribution in [0.25, 0.3) is 0 Å². The van der Waals surface area contributed by atoms with Crippen LogP contribution in [0, 0.1) is 11.3 Å². The monoisotopic (exact) mass is 294 g/mol. The van der Waals surface area contributed by atoms with Crippen LogP contribution in [0.5, 0.6) is 0 Å². The summed E-state index contributed by atoms with van der Waals surface area (Å²) in [6.07, 6.45) is 5.26. The molecule has 4 rings (SSSR count). The molecule has 1 spiro atoms. The van der Waals surface area contributed by atoms with Crippen molar-refractivity contribution in [2.45, 2.75) is 31.1 Å². The Bertz CT molecular complexity index is 696. The Kier molecular flexibility index (Phi) is 3.21.